The van der Waals surface area contributed by atoms with E-state index in [0.29, 0.717) is 18.2 Å². The first-order chi connectivity index (χ1) is 12.3. The van der Waals surface area contributed by atoms with Crippen LogP contribution in [0.5, 0.6) is 17.2 Å². The van der Waals surface area contributed by atoms with Crippen LogP contribution < -0.4 is 9.47 Å². The zero-order valence-corrected chi connectivity index (χ0v) is 14.8. The summed E-state index contributed by atoms with van der Waals surface area (Å²) in [4.78, 5) is 5.09. The van der Waals surface area contributed by atoms with Crippen molar-refractivity contribution < 1.29 is 18.9 Å². The molecule has 4 aliphatic heterocycles. The van der Waals surface area contributed by atoms with E-state index in [1.165, 1.54) is 5.56 Å². The van der Waals surface area contributed by atoms with E-state index >= 15 is 0 Å². The molecule has 25 heavy (non-hydrogen) atoms. The summed E-state index contributed by atoms with van der Waals surface area (Å²) in [5.74, 6) is 2.86. The molecule has 0 saturated carbocycles. The molecule has 6 heteroatoms. The molecule has 0 aromatic heterocycles. The number of epoxide rings is 2. The Labute approximate surface area is 148 Å². The smallest absolute Gasteiger partial charge is 0.212 e. The van der Waals surface area contributed by atoms with Crippen molar-refractivity contribution >= 4 is 0 Å². The summed E-state index contributed by atoms with van der Waals surface area (Å²) >= 11 is 0. The quantitative estimate of drug-likeness (QED) is 0.682. The summed E-state index contributed by atoms with van der Waals surface area (Å²) in [6.45, 7) is 9.88. The third kappa shape index (κ3) is 3.49. The summed E-state index contributed by atoms with van der Waals surface area (Å²) in [5, 5.41) is 0. The van der Waals surface area contributed by atoms with Crippen molar-refractivity contribution in [2.45, 2.75) is 31.6 Å². The van der Waals surface area contributed by atoms with E-state index in [-0.39, 0.29) is 0 Å². The van der Waals surface area contributed by atoms with Crippen LogP contribution in [0.1, 0.15) is 24.9 Å². The minimum absolute atomic E-state index is 0.318. The second kappa shape index (κ2) is 6.43. The van der Waals surface area contributed by atoms with Crippen LogP contribution in [0, 0.1) is 0 Å². The zero-order valence-electron chi connectivity index (χ0n) is 14.8. The third-order valence-corrected chi connectivity index (χ3v) is 5.37. The van der Waals surface area contributed by atoms with E-state index in [1.54, 1.807) is 0 Å². The lowest BCUT2D eigenvalue weighted by Crippen LogP contribution is -2.50. The average molecular weight is 346 g/mol. The Bertz CT molecular complexity index is 645. The molecule has 3 unspecified atom stereocenters. The second-order valence-corrected chi connectivity index (χ2v) is 7.44. The fourth-order valence-electron chi connectivity index (χ4n) is 3.79. The molecule has 5 rings (SSSR count). The van der Waals surface area contributed by atoms with Gasteiger partial charge < -0.3 is 18.9 Å². The number of hydrogen-bond donors (Lipinski definition) is 0. The molecule has 4 aliphatic rings. The minimum Gasteiger partial charge on any atom is -0.489 e. The summed E-state index contributed by atoms with van der Waals surface area (Å²) in [6.07, 6.45) is 1.84. The first-order valence-electron chi connectivity index (χ1n) is 9.49. The SMILES string of the molecule is CCCOc1c(C2CN(CC3CO3)CCN2CC2CO2)ccc2c1O2. The van der Waals surface area contributed by atoms with E-state index in [0.717, 1.165) is 76.2 Å². The van der Waals surface area contributed by atoms with E-state index in [9.17, 15) is 0 Å². The Balaban J connectivity index is 1.39. The van der Waals surface area contributed by atoms with Gasteiger partial charge in [0.15, 0.2) is 11.5 Å². The van der Waals surface area contributed by atoms with Crippen LogP contribution in [0.2, 0.25) is 0 Å². The maximum Gasteiger partial charge on any atom is 0.212 e. The van der Waals surface area contributed by atoms with Gasteiger partial charge in [0.05, 0.1) is 38.1 Å². The summed E-state index contributed by atoms with van der Waals surface area (Å²) in [7, 11) is 0. The van der Waals surface area contributed by atoms with Crippen molar-refractivity contribution in [3.05, 3.63) is 17.7 Å². The molecule has 136 valence electrons. The van der Waals surface area contributed by atoms with Gasteiger partial charge in [0.25, 0.3) is 0 Å². The van der Waals surface area contributed by atoms with Crippen LogP contribution in [-0.2, 0) is 9.47 Å². The molecule has 4 heterocycles. The van der Waals surface area contributed by atoms with Crippen LogP contribution in [0.15, 0.2) is 12.1 Å². The lowest BCUT2D eigenvalue weighted by atomic mass is 10.0. The fourth-order valence-corrected chi connectivity index (χ4v) is 3.79. The number of ether oxygens (including phenoxy) is 4. The van der Waals surface area contributed by atoms with Gasteiger partial charge in [-0.15, -0.1) is 0 Å². The zero-order chi connectivity index (χ0) is 16.8. The van der Waals surface area contributed by atoms with E-state index < -0.39 is 0 Å². The number of piperazine rings is 1. The fraction of sp³-hybridized carbons (Fsp3) is 0.684. The minimum atomic E-state index is 0.318. The summed E-state index contributed by atoms with van der Waals surface area (Å²) in [6, 6.07) is 4.59. The van der Waals surface area contributed by atoms with Gasteiger partial charge in [0.2, 0.25) is 5.75 Å². The molecule has 3 saturated heterocycles. The monoisotopic (exact) mass is 346 g/mol. The van der Waals surface area contributed by atoms with E-state index in [2.05, 4.69) is 28.9 Å². The van der Waals surface area contributed by atoms with E-state index in [1.807, 2.05) is 0 Å². The number of fused-ring (bicyclic) bond motifs is 1. The molecule has 0 N–H and O–H groups in total. The van der Waals surface area contributed by atoms with Gasteiger partial charge in [0.1, 0.15) is 0 Å². The highest BCUT2D eigenvalue weighted by atomic mass is 16.6. The third-order valence-electron chi connectivity index (χ3n) is 5.37. The number of hydrogen-bond acceptors (Lipinski definition) is 6. The normalized spacial score (nSPS) is 30.5. The van der Waals surface area contributed by atoms with Gasteiger partial charge in [-0.1, -0.05) is 6.92 Å². The van der Waals surface area contributed by atoms with Crippen molar-refractivity contribution in [3.63, 3.8) is 0 Å². The molecule has 0 bridgehead atoms. The first kappa shape index (κ1) is 15.9. The van der Waals surface area contributed by atoms with Crippen molar-refractivity contribution in [3.8, 4) is 17.2 Å². The Hall–Kier alpha value is -1.34. The second-order valence-electron chi connectivity index (χ2n) is 7.44. The highest BCUT2D eigenvalue weighted by Gasteiger charge is 2.39. The largest absolute Gasteiger partial charge is 0.489 e. The Morgan fingerprint density at radius 1 is 1.12 bits per heavy atom. The molecule has 0 spiro atoms. The maximum absolute atomic E-state index is 6.09. The van der Waals surface area contributed by atoms with Crippen LogP contribution >= 0.6 is 0 Å². The standard InChI is InChI=1S/C19H26N2O4/c1-2-7-22-18-15(3-4-17-19(18)25-17)16-10-20(8-13-11-23-13)5-6-21(16)9-14-12-24-14/h3-4,13-14,16H,2,5-12H2,1H3. The van der Waals surface area contributed by atoms with E-state index in [4.69, 9.17) is 18.9 Å². The molecular formula is C19H26N2O4. The maximum atomic E-state index is 6.09. The van der Waals surface area contributed by atoms with Gasteiger partial charge in [-0.2, -0.15) is 0 Å². The predicted octanol–water partition coefficient (Wildman–Crippen LogP) is 2.04. The Morgan fingerprint density at radius 3 is 2.68 bits per heavy atom. The summed E-state index contributed by atoms with van der Waals surface area (Å²) < 4.78 is 22.7. The van der Waals surface area contributed by atoms with Gasteiger partial charge in [-0.05, 0) is 18.6 Å². The highest BCUT2D eigenvalue weighted by molar-refractivity contribution is 5.66. The topological polar surface area (TPSA) is 53.3 Å². The Kier molecular flexibility index (Phi) is 4.08. The van der Waals surface area contributed by atoms with Crippen molar-refractivity contribution in [2.75, 3.05) is 52.5 Å². The molecule has 0 aliphatic carbocycles. The molecule has 0 amide bonds. The number of rotatable bonds is 8. The highest BCUT2D eigenvalue weighted by Crippen LogP contribution is 2.55. The van der Waals surface area contributed by atoms with Gasteiger partial charge in [-0.3, -0.25) is 9.80 Å². The van der Waals surface area contributed by atoms with Gasteiger partial charge >= 0.3 is 0 Å². The number of nitrogens with zero attached hydrogens (tertiary/aromatic N) is 2. The lowest BCUT2D eigenvalue weighted by molar-refractivity contribution is 0.0625. The van der Waals surface area contributed by atoms with Crippen molar-refractivity contribution in [2.24, 2.45) is 0 Å². The van der Waals surface area contributed by atoms with Gasteiger partial charge in [-0.25, -0.2) is 0 Å². The molecule has 3 atom stereocenters. The van der Waals surface area contributed by atoms with Gasteiger partial charge in [0, 0.05) is 38.3 Å². The summed E-state index contributed by atoms with van der Waals surface area (Å²) in [5.41, 5.74) is 1.26. The van der Waals surface area contributed by atoms with Crippen LogP contribution in [0.4, 0.5) is 0 Å². The van der Waals surface area contributed by atoms with Crippen LogP contribution in [0.3, 0.4) is 0 Å². The predicted molar refractivity (Wildman–Crippen MR) is 92.5 cm³/mol. The molecule has 3 fully saturated rings. The molecule has 0 radical (unpaired) electrons. The van der Waals surface area contributed by atoms with Crippen molar-refractivity contribution in [1.29, 1.82) is 0 Å². The molecule has 6 nitrogen and oxygen atoms in total. The van der Waals surface area contributed by atoms with Crippen LogP contribution in [-0.4, -0.2) is 74.6 Å². The number of benzene rings is 1. The lowest BCUT2D eigenvalue weighted by Gasteiger charge is -2.41. The molecule has 1 aromatic carbocycles. The molecular weight excluding hydrogens is 320 g/mol. The Morgan fingerprint density at radius 2 is 1.92 bits per heavy atom. The average Bonchev–Trinajstić information content (AvgIpc) is 3.45. The molecule has 1 aromatic rings. The first-order valence-corrected chi connectivity index (χ1v) is 9.49. The van der Waals surface area contributed by atoms with Crippen molar-refractivity contribution in [1.82, 2.24) is 9.80 Å². The van der Waals surface area contributed by atoms with Crippen LogP contribution in [0.25, 0.3) is 0 Å².